The second-order valence-electron chi connectivity index (χ2n) is 5.07. The van der Waals surface area contributed by atoms with Gasteiger partial charge in [-0.05, 0) is 52.7 Å². The maximum Gasteiger partial charge on any atom is 0.117 e. The molecule has 0 spiro atoms. The van der Waals surface area contributed by atoms with E-state index in [2.05, 4.69) is 56.8 Å². The van der Waals surface area contributed by atoms with Crippen molar-refractivity contribution in [2.45, 2.75) is 47.7 Å². The highest BCUT2D eigenvalue weighted by Gasteiger charge is 2.13. The molecule has 0 bridgehead atoms. The SMILES string of the molecule is CC(C)=NC(C)N(C)c1c(C)cc(C)cc1C. The summed E-state index contributed by atoms with van der Waals surface area (Å²) >= 11 is 0. The van der Waals surface area contributed by atoms with Crippen LogP contribution in [0.2, 0.25) is 0 Å². The van der Waals surface area contributed by atoms with E-state index in [4.69, 9.17) is 0 Å². The molecule has 0 fully saturated rings. The molecule has 17 heavy (non-hydrogen) atoms. The standard InChI is InChI=1S/C15H24N2/c1-10(2)16-14(6)17(7)15-12(4)8-11(3)9-13(15)5/h8-9,14H,1-7H3. The van der Waals surface area contributed by atoms with Crippen LogP contribution < -0.4 is 4.90 Å². The quantitative estimate of drug-likeness (QED) is 0.722. The maximum absolute atomic E-state index is 4.60. The van der Waals surface area contributed by atoms with Crippen LogP contribution in [-0.2, 0) is 0 Å². The van der Waals surface area contributed by atoms with E-state index < -0.39 is 0 Å². The molecule has 0 aliphatic heterocycles. The summed E-state index contributed by atoms with van der Waals surface area (Å²) in [6.45, 7) is 12.7. The average molecular weight is 232 g/mol. The first-order chi connectivity index (χ1) is 7.82. The van der Waals surface area contributed by atoms with Crippen molar-refractivity contribution in [2.24, 2.45) is 4.99 Å². The van der Waals surface area contributed by atoms with Gasteiger partial charge in [0.1, 0.15) is 6.17 Å². The van der Waals surface area contributed by atoms with Crippen LogP contribution in [0, 0.1) is 20.8 Å². The van der Waals surface area contributed by atoms with Crippen molar-refractivity contribution in [1.82, 2.24) is 0 Å². The first-order valence-electron chi connectivity index (χ1n) is 6.14. The van der Waals surface area contributed by atoms with Crippen molar-refractivity contribution in [1.29, 1.82) is 0 Å². The number of hydrogen-bond acceptors (Lipinski definition) is 2. The lowest BCUT2D eigenvalue weighted by molar-refractivity contribution is 0.718. The number of nitrogens with zero attached hydrogens (tertiary/aromatic N) is 2. The molecule has 94 valence electrons. The van der Waals surface area contributed by atoms with Crippen molar-refractivity contribution in [3.8, 4) is 0 Å². The third-order valence-corrected chi connectivity index (χ3v) is 2.99. The van der Waals surface area contributed by atoms with Crippen LogP contribution in [0.1, 0.15) is 37.5 Å². The molecule has 0 aliphatic rings. The molecule has 1 atom stereocenters. The van der Waals surface area contributed by atoms with Gasteiger partial charge in [0.15, 0.2) is 0 Å². The lowest BCUT2D eigenvalue weighted by atomic mass is 10.0. The van der Waals surface area contributed by atoms with Crippen molar-refractivity contribution >= 4 is 11.4 Å². The van der Waals surface area contributed by atoms with Gasteiger partial charge in [0.05, 0.1) is 0 Å². The Morgan fingerprint density at radius 3 is 2.00 bits per heavy atom. The molecule has 1 aromatic rings. The monoisotopic (exact) mass is 232 g/mol. The van der Waals surface area contributed by atoms with Crippen molar-refractivity contribution < 1.29 is 0 Å². The summed E-state index contributed by atoms with van der Waals surface area (Å²) in [4.78, 5) is 6.85. The largest absolute Gasteiger partial charge is 0.353 e. The molecule has 0 radical (unpaired) electrons. The van der Waals surface area contributed by atoms with Gasteiger partial charge in [0.25, 0.3) is 0 Å². The first kappa shape index (κ1) is 13.8. The van der Waals surface area contributed by atoms with E-state index in [9.17, 15) is 0 Å². The Hall–Kier alpha value is -1.31. The number of anilines is 1. The predicted octanol–water partition coefficient (Wildman–Crippen LogP) is 3.87. The average Bonchev–Trinajstić information content (AvgIpc) is 2.14. The summed E-state index contributed by atoms with van der Waals surface area (Å²) in [7, 11) is 2.11. The number of aryl methyl sites for hydroxylation is 3. The molecule has 1 aromatic carbocycles. The third-order valence-electron chi connectivity index (χ3n) is 2.99. The van der Waals surface area contributed by atoms with Crippen molar-refractivity contribution in [2.75, 3.05) is 11.9 Å². The molecule has 0 aromatic heterocycles. The molecule has 1 unspecified atom stereocenters. The van der Waals surface area contributed by atoms with Crippen LogP contribution in [0.4, 0.5) is 5.69 Å². The van der Waals surface area contributed by atoms with Crippen LogP contribution in [-0.4, -0.2) is 18.9 Å². The molecule has 2 nitrogen and oxygen atoms in total. The van der Waals surface area contributed by atoms with Crippen LogP contribution in [0.5, 0.6) is 0 Å². The molecule has 1 rings (SSSR count). The molecule has 0 aliphatic carbocycles. The maximum atomic E-state index is 4.60. The highest BCUT2D eigenvalue weighted by molar-refractivity contribution is 5.79. The zero-order valence-electron chi connectivity index (χ0n) is 12.1. The highest BCUT2D eigenvalue weighted by atomic mass is 15.2. The summed E-state index contributed by atoms with van der Waals surface area (Å²) in [5.74, 6) is 0. The van der Waals surface area contributed by atoms with E-state index in [1.165, 1.54) is 22.4 Å². The van der Waals surface area contributed by atoms with Gasteiger partial charge in [-0.3, -0.25) is 4.99 Å². The number of rotatable bonds is 3. The van der Waals surface area contributed by atoms with E-state index in [0.29, 0.717) is 0 Å². The van der Waals surface area contributed by atoms with Crippen LogP contribution in [0.3, 0.4) is 0 Å². The minimum Gasteiger partial charge on any atom is -0.353 e. The molecular weight excluding hydrogens is 208 g/mol. The minimum atomic E-state index is 0.181. The van der Waals surface area contributed by atoms with Crippen LogP contribution >= 0.6 is 0 Å². The van der Waals surface area contributed by atoms with E-state index in [1.807, 2.05) is 13.8 Å². The lowest BCUT2D eigenvalue weighted by Crippen LogP contribution is -2.29. The van der Waals surface area contributed by atoms with E-state index in [-0.39, 0.29) is 6.17 Å². The Labute approximate surface area is 105 Å². The predicted molar refractivity (Wildman–Crippen MR) is 77.3 cm³/mol. The molecule has 2 heteroatoms. The molecule has 0 N–H and O–H groups in total. The Kier molecular flexibility index (Phi) is 4.33. The minimum absolute atomic E-state index is 0.181. The summed E-state index contributed by atoms with van der Waals surface area (Å²) in [5.41, 5.74) is 6.38. The van der Waals surface area contributed by atoms with Crippen molar-refractivity contribution in [3.63, 3.8) is 0 Å². The fourth-order valence-electron chi connectivity index (χ4n) is 2.38. The lowest BCUT2D eigenvalue weighted by Gasteiger charge is -2.28. The van der Waals surface area contributed by atoms with Gasteiger partial charge in [-0.1, -0.05) is 17.7 Å². The summed E-state index contributed by atoms with van der Waals surface area (Å²) < 4.78 is 0. The first-order valence-corrected chi connectivity index (χ1v) is 6.14. The Balaban J connectivity index is 3.12. The molecule has 0 amide bonds. The Morgan fingerprint density at radius 2 is 1.59 bits per heavy atom. The molecular formula is C15H24N2. The Bertz CT molecular complexity index is 406. The molecule has 0 saturated heterocycles. The summed E-state index contributed by atoms with van der Waals surface area (Å²) in [5, 5.41) is 0. The Morgan fingerprint density at radius 1 is 1.12 bits per heavy atom. The third kappa shape index (κ3) is 3.32. The fraction of sp³-hybridized carbons (Fsp3) is 0.533. The van der Waals surface area contributed by atoms with E-state index in [0.717, 1.165) is 5.71 Å². The topological polar surface area (TPSA) is 15.6 Å². The zero-order valence-corrected chi connectivity index (χ0v) is 12.1. The second-order valence-corrected chi connectivity index (χ2v) is 5.07. The molecule has 0 heterocycles. The van der Waals surface area contributed by atoms with Gasteiger partial charge in [0, 0.05) is 18.4 Å². The second kappa shape index (κ2) is 5.35. The fourth-order valence-corrected chi connectivity index (χ4v) is 2.38. The summed E-state index contributed by atoms with van der Waals surface area (Å²) in [6.07, 6.45) is 0.181. The number of benzene rings is 1. The number of aliphatic imine (C=N–C) groups is 1. The number of hydrogen-bond donors (Lipinski definition) is 0. The van der Waals surface area contributed by atoms with Gasteiger partial charge in [-0.25, -0.2) is 0 Å². The van der Waals surface area contributed by atoms with Gasteiger partial charge in [-0.15, -0.1) is 0 Å². The van der Waals surface area contributed by atoms with Crippen LogP contribution in [0.25, 0.3) is 0 Å². The highest BCUT2D eigenvalue weighted by Crippen LogP contribution is 2.26. The molecule has 0 saturated carbocycles. The zero-order chi connectivity index (χ0) is 13.2. The van der Waals surface area contributed by atoms with Gasteiger partial charge >= 0.3 is 0 Å². The smallest absolute Gasteiger partial charge is 0.117 e. The van der Waals surface area contributed by atoms with Gasteiger partial charge in [0.2, 0.25) is 0 Å². The normalized spacial score (nSPS) is 12.2. The van der Waals surface area contributed by atoms with E-state index in [1.54, 1.807) is 0 Å². The summed E-state index contributed by atoms with van der Waals surface area (Å²) in [6, 6.07) is 4.46. The van der Waals surface area contributed by atoms with Crippen molar-refractivity contribution in [3.05, 3.63) is 28.8 Å². The van der Waals surface area contributed by atoms with Gasteiger partial charge in [-0.2, -0.15) is 0 Å². The van der Waals surface area contributed by atoms with Gasteiger partial charge < -0.3 is 4.90 Å². The van der Waals surface area contributed by atoms with E-state index >= 15 is 0 Å². The van der Waals surface area contributed by atoms with Crippen LogP contribution in [0.15, 0.2) is 17.1 Å².